The first kappa shape index (κ1) is 24.9. The number of carbonyl (C=O) groups excluding carboxylic acids is 4. The van der Waals surface area contributed by atoms with E-state index in [1.807, 2.05) is 0 Å². The Morgan fingerprint density at radius 2 is 1.88 bits per heavy atom. The van der Waals surface area contributed by atoms with E-state index in [0.29, 0.717) is 18.5 Å². The van der Waals surface area contributed by atoms with E-state index >= 15 is 0 Å². The van der Waals surface area contributed by atoms with E-state index in [1.54, 1.807) is 26.8 Å². The first-order chi connectivity index (χ1) is 15.3. The molecular weight excluding hydrogens is 432 g/mol. The van der Waals surface area contributed by atoms with Gasteiger partial charge in [0.15, 0.2) is 11.7 Å². The Morgan fingerprint density at radius 1 is 1.27 bits per heavy atom. The van der Waals surface area contributed by atoms with Gasteiger partial charge in [-0.2, -0.15) is 0 Å². The van der Waals surface area contributed by atoms with Crippen molar-refractivity contribution < 1.29 is 43.2 Å². The van der Waals surface area contributed by atoms with Crippen LogP contribution in [0.5, 0.6) is 0 Å². The Labute approximate surface area is 192 Å². The van der Waals surface area contributed by atoms with Gasteiger partial charge in [-0.05, 0) is 33.3 Å². The highest BCUT2D eigenvalue weighted by Gasteiger charge is 2.70. The monoisotopic (exact) mass is 462 g/mol. The van der Waals surface area contributed by atoms with Crippen LogP contribution in [0, 0.1) is 17.3 Å². The molecule has 1 N–H and O–H groups in total. The molecule has 7 atom stereocenters. The third-order valence-electron chi connectivity index (χ3n) is 6.84. The summed E-state index contributed by atoms with van der Waals surface area (Å²) in [5.41, 5.74) is -2.63. The van der Waals surface area contributed by atoms with Crippen LogP contribution in [0.3, 0.4) is 0 Å². The second-order valence-corrected chi connectivity index (χ2v) is 9.51. The van der Waals surface area contributed by atoms with Gasteiger partial charge in [0.05, 0.1) is 18.6 Å². The fourth-order valence-electron chi connectivity index (χ4n) is 4.74. The van der Waals surface area contributed by atoms with E-state index in [0.717, 1.165) is 0 Å². The molecule has 180 valence electrons. The van der Waals surface area contributed by atoms with Crippen molar-refractivity contribution in [1.29, 1.82) is 0 Å². The lowest BCUT2D eigenvalue weighted by molar-refractivity contribution is -0.237. The number of fused-ring (bicyclic) bond motifs is 2. The number of hydrogen-bond donors (Lipinski definition) is 1. The van der Waals surface area contributed by atoms with Crippen LogP contribution in [0.4, 0.5) is 0 Å². The molecule has 1 aliphatic carbocycles. The molecule has 0 spiro atoms. The van der Waals surface area contributed by atoms with Crippen LogP contribution in [0.25, 0.3) is 0 Å². The van der Waals surface area contributed by atoms with Crippen molar-refractivity contribution in [2.24, 2.45) is 17.3 Å². The quantitative estimate of drug-likeness (QED) is 0.196. The van der Waals surface area contributed by atoms with Gasteiger partial charge >= 0.3 is 17.9 Å². The van der Waals surface area contributed by atoms with Crippen LogP contribution in [-0.2, 0) is 38.1 Å². The highest BCUT2D eigenvalue weighted by Crippen LogP contribution is 2.58. The van der Waals surface area contributed by atoms with Crippen molar-refractivity contribution in [3.63, 3.8) is 0 Å². The van der Waals surface area contributed by atoms with Crippen molar-refractivity contribution in [3.05, 3.63) is 36.0 Å². The van der Waals surface area contributed by atoms with Gasteiger partial charge in [0.2, 0.25) is 0 Å². The minimum Gasteiger partial charge on any atom is -0.459 e. The smallest absolute Gasteiger partial charge is 0.337 e. The van der Waals surface area contributed by atoms with E-state index in [4.69, 9.17) is 18.9 Å². The number of aliphatic hydroxyl groups is 1. The fourth-order valence-corrected chi connectivity index (χ4v) is 4.74. The zero-order valence-electron chi connectivity index (χ0n) is 19.5. The first-order valence-electron chi connectivity index (χ1n) is 10.7. The molecule has 33 heavy (non-hydrogen) atoms. The summed E-state index contributed by atoms with van der Waals surface area (Å²) in [6.45, 7) is 15.5. The summed E-state index contributed by atoms with van der Waals surface area (Å²) in [5.74, 6) is -4.22. The highest BCUT2D eigenvalue weighted by molar-refractivity contribution is 5.91. The van der Waals surface area contributed by atoms with Gasteiger partial charge in [-0.1, -0.05) is 26.2 Å². The van der Waals surface area contributed by atoms with E-state index in [9.17, 15) is 24.3 Å². The van der Waals surface area contributed by atoms with E-state index in [-0.39, 0.29) is 11.1 Å². The number of rotatable bonds is 7. The summed E-state index contributed by atoms with van der Waals surface area (Å²) >= 11 is 0. The Hall–Kier alpha value is -2.78. The Balaban J connectivity index is 2.19. The van der Waals surface area contributed by atoms with Gasteiger partial charge in [-0.15, -0.1) is 0 Å². The van der Waals surface area contributed by atoms with E-state index in [1.165, 1.54) is 13.8 Å². The van der Waals surface area contributed by atoms with Crippen molar-refractivity contribution in [3.8, 4) is 0 Å². The van der Waals surface area contributed by atoms with Gasteiger partial charge in [-0.3, -0.25) is 4.79 Å². The molecule has 9 heteroatoms. The topological polar surface area (TPSA) is 129 Å². The van der Waals surface area contributed by atoms with E-state index in [2.05, 4.69) is 13.2 Å². The molecule has 7 unspecified atom stereocenters. The molecule has 2 saturated heterocycles. The lowest BCUT2D eigenvalue weighted by Crippen LogP contribution is -2.69. The highest BCUT2D eigenvalue weighted by atomic mass is 16.6. The van der Waals surface area contributed by atoms with Crippen LogP contribution in [0.15, 0.2) is 36.0 Å². The molecule has 2 bridgehead atoms. The van der Waals surface area contributed by atoms with Crippen molar-refractivity contribution in [2.75, 3.05) is 6.61 Å². The maximum absolute atomic E-state index is 12.7. The second-order valence-electron chi connectivity index (χ2n) is 9.51. The van der Waals surface area contributed by atoms with Gasteiger partial charge in [-0.25, -0.2) is 14.4 Å². The molecule has 0 aromatic rings. The average molecular weight is 462 g/mol. The summed E-state index contributed by atoms with van der Waals surface area (Å²) in [7, 11) is 0. The lowest BCUT2D eigenvalue weighted by atomic mass is 9.54. The minimum atomic E-state index is -1.86. The molecule has 9 nitrogen and oxygen atoms in total. The van der Waals surface area contributed by atoms with Crippen LogP contribution < -0.4 is 0 Å². The summed E-state index contributed by atoms with van der Waals surface area (Å²) in [6, 6.07) is 0. The molecule has 3 fully saturated rings. The molecular formula is C24H30O9. The number of epoxide rings is 1. The average Bonchev–Trinajstić information content (AvgIpc) is 3.59. The van der Waals surface area contributed by atoms with E-state index < -0.39 is 65.2 Å². The largest absolute Gasteiger partial charge is 0.459 e. The summed E-state index contributed by atoms with van der Waals surface area (Å²) in [4.78, 5) is 50.0. The Morgan fingerprint density at radius 3 is 2.36 bits per heavy atom. The molecule has 2 aliphatic heterocycles. The Kier molecular flexibility index (Phi) is 6.43. The molecule has 2 heterocycles. The maximum atomic E-state index is 12.7. The van der Waals surface area contributed by atoms with Gasteiger partial charge in [0, 0.05) is 22.5 Å². The molecule has 0 aromatic carbocycles. The maximum Gasteiger partial charge on any atom is 0.337 e. The summed E-state index contributed by atoms with van der Waals surface area (Å²) in [5, 5.41) is 10.2. The summed E-state index contributed by atoms with van der Waals surface area (Å²) < 4.78 is 22.8. The predicted octanol–water partition coefficient (Wildman–Crippen LogP) is 1.43. The van der Waals surface area contributed by atoms with Crippen LogP contribution in [0.1, 0.15) is 34.6 Å². The SMILES string of the molecule is C=C1C(=O)OC2C(OC(=O)C(C)=CC)C1C(OC(=O)C(C)(C)O)C(C(=C)C=O)C2(C)C1CO1. The van der Waals surface area contributed by atoms with Gasteiger partial charge in [0.1, 0.15) is 18.5 Å². The number of esters is 3. The normalized spacial score (nSPS) is 35.9. The number of allylic oxidation sites excluding steroid dienone is 1. The van der Waals surface area contributed by atoms with Crippen LogP contribution in [-0.4, -0.2) is 65.9 Å². The zero-order valence-corrected chi connectivity index (χ0v) is 19.5. The fraction of sp³-hybridized carbons (Fsp3) is 0.583. The summed E-state index contributed by atoms with van der Waals surface area (Å²) in [6.07, 6.45) is -1.63. The minimum absolute atomic E-state index is 0.0711. The number of ether oxygens (including phenoxy) is 4. The molecule has 3 aliphatic rings. The molecule has 0 radical (unpaired) electrons. The van der Waals surface area contributed by atoms with Gasteiger partial charge < -0.3 is 24.1 Å². The third kappa shape index (κ3) is 4.15. The number of aldehydes is 1. The lowest BCUT2D eigenvalue weighted by Gasteiger charge is -2.57. The van der Waals surface area contributed by atoms with Crippen molar-refractivity contribution in [1.82, 2.24) is 0 Å². The molecule has 3 rings (SSSR count). The molecule has 0 amide bonds. The standard InChI is InChI=1S/C24H30O9/c1-8-11(2)20(26)31-18-15-13(4)21(27)33-19(18)24(7,14-10-30-14)16(12(3)9-25)17(15)32-22(28)23(5,6)29/h8-9,14-19,29H,3-4,10H2,1-2,5-7H3. The van der Waals surface area contributed by atoms with Crippen molar-refractivity contribution >= 4 is 24.2 Å². The van der Waals surface area contributed by atoms with Crippen LogP contribution in [0.2, 0.25) is 0 Å². The third-order valence-corrected chi connectivity index (χ3v) is 6.84. The molecule has 0 aromatic heterocycles. The zero-order chi connectivity index (χ0) is 24.9. The van der Waals surface area contributed by atoms with Crippen molar-refractivity contribution in [2.45, 2.75) is 64.6 Å². The molecule has 1 saturated carbocycles. The Bertz CT molecular complexity index is 936. The first-order valence-corrected chi connectivity index (χ1v) is 10.7. The number of hydrogen-bond acceptors (Lipinski definition) is 9. The number of carbonyl (C=O) groups is 4. The predicted molar refractivity (Wildman–Crippen MR) is 115 cm³/mol. The van der Waals surface area contributed by atoms with Crippen LogP contribution >= 0.6 is 0 Å². The van der Waals surface area contributed by atoms with Gasteiger partial charge in [0.25, 0.3) is 0 Å². The second kappa shape index (κ2) is 8.53.